The number of hydrogen-bond donors (Lipinski definition) is 1. The van der Waals surface area contributed by atoms with E-state index in [-0.39, 0.29) is 30.0 Å². The molecule has 2 aromatic heterocycles. The molecule has 0 saturated carbocycles. The fourth-order valence-electron chi connectivity index (χ4n) is 4.23. The Labute approximate surface area is 189 Å². The Bertz CT molecular complexity index is 1350. The van der Waals surface area contributed by atoms with Gasteiger partial charge in [-0.2, -0.15) is 0 Å². The molecule has 162 valence electrons. The monoisotopic (exact) mass is 446 g/mol. The van der Waals surface area contributed by atoms with E-state index in [1.165, 1.54) is 11.8 Å². The number of anilines is 2. The number of para-hydroxylation sites is 3. The van der Waals surface area contributed by atoms with E-state index < -0.39 is 0 Å². The van der Waals surface area contributed by atoms with Gasteiger partial charge in [0.1, 0.15) is 5.52 Å². The van der Waals surface area contributed by atoms with Crippen molar-refractivity contribution in [3.05, 3.63) is 48.5 Å². The van der Waals surface area contributed by atoms with Gasteiger partial charge in [0, 0.05) is 24.4 Å². The second-order valence-corrected chi connectivity index (χ2v) is 8.64. The van der Waals surface area contributed by atoms with Crippen LogP contribution in [0.15, 0.2) is 53.7 Å². The van der Waals surface area contributed by atoms with Gasteiger partial charge in [0.25, 0.3) is 0 Å². The van der Waals surface area contributed by atoms with Crippen LogP contribution in [0.3, 0.4) is 0 Å². The number of aromatic nitrogens is 4. The summed E-state index contributed by atoms with van der Waals surface area (Å²) in [6, 6.07) is 15.1. The molecule has 1 aliphatic rings. The first kappa shape index (κ1) is 20.4. The minimum Gasteiger partial charge on any atom is -0.324 e. The van der Waals surface area contributed by atoms with Crippen LogP contribution in [0.2, 0.25) is 0 Å². The summed E-state index contributed by atoms with van der Waals surface area (Å²) < 4.78 is 2.11. The van der Waals surface area contributed by atoms with Crippen molar-refractivity contribution in [3.8, 4) is 0 Å². The highest BCUT2D eigenvalue weighted by Crippen LogP contribution is 2.32. The molecule has 2 amide bonds. The van der Waals surface area contributed by atoms with Crippen LogP contribution in [-0.2, 0) is 16.1 Å². The average Bonchev–Trinajstić information content (AvgIpc) is 3.04. The molecular formula is C23H22N6O2S. The van der Waals surface area contributed by atoms with E-state index >= 15 is 0 Å². The van der Waals surface area contributed by atoms with Gasteiger partial charge >= 0.3 is 0 Å². The van der Waals surface area contributed by atoms with E-state index in [1.54, 1.807) is 4.90 Å². The molecule has 0 aliphatic carbocycles. The topological polar surface area (TPSA) is 93.0 Å². The molecule has 0 unspecified atom stereocenters. The minimum atomic E-state index is -0.254. The first-order valence-electron chi connectivity index (χ1n) is 10.5. The number of fused-ring (bicyclic) bond motifs is 4. The van der Waals surface area contributed by atoms with Gasteiger partial charge in [-0.25, -0.2) is 4.98 Å². The number of carbonyl (C=O) groups is 2. The van der Waals surface area contributed by atoms with Gasteiger partial charge in [0.05, 0.1) is 22.6 Å². The lowest BCUT2D eigenvalue weighted by Crippen LogP contribution is -2.40. The highest BCUT2D eigenvalue weighted by molar-refractivity contribution is 7.99. The molecule has 0 fully saturated rings. The van der Waals surface area contributed by atoms with Crippen molar-refractivity contribution in [2.45, 2.75) is 38.0 Å². The summed E-state index contributed by atoms with van der Waals surface area (Å²) in [5, 5.41) is 13.0. The van der Waals surface area contributed by atoms with Crippen LogP contribution in [0.1, 0.15) is 20.3 Å². The molecule has 4 aromatic rings. The Morgan fingerprint density at radius 2 is 1.94 bits per heavy atom. The quantitative estimate of drug-likeness (QED) is 0.479. The fourth-order valence-corrected chi connectivity index (χ4v) is 4.88. The molecule has 9 heteroatoms. The lowest BCUT2D eigenvalue weighted by atomic mass is 10.2. The third-order valence-electron chi connectivity index (χ3n) is 5.62. The summed E-state index contributed by atoms with van der Waals surface area (Å²) in [7, 11) is 0. The number of hydrogen-bond acceptors (Lipinski definition) is 6. The van der Waals surface area contributed by atoms with Crippen molar-refractivity contribution in [2.75, 3.05) is 16.0 Å². The molecule has 0 saturated heterocycles. The van der Waals surface area contributed by atoms with Crippen LogP contribution in [0, 0.1) is 0 Å². The summed E-state index contributed by atoms with van der Waals surface area (Å²) in [6.45, 7) is 4.71. The zero-order valence-corrected chi connectivity index (χ0v) is 18.6. The SMILES string of the molecule is CCn1c2ccccc2c2nnc(SCC(=O)N3c4ccccc4NC(=O)C[C@@H]3C)nc21. The number of rotatable bonds is 4. The average molecular weight is 447 g/mol. The molecule has 5 rings (SSSR count). The molecular weight excluding hydrogens is 424 g/mol. The third-order valence-corrected chi connectivity index (χ3v) is 6.45. The van der Waals surface area contributed by atoms with Crippen molar-refractivity contribution in [1.29, 1.82) is 0 Å². The maximum Gasteiger partial charge on any atom is 0.237 e. The Morgan fingerprint density at radius 1 is 1.16 bits per heavy atom. The van der Waals surface area contributed by atoms with Crippen LogP contribution in [0.5, 0.6) is 0 Å². The number of nitrogens with zero attached hydrogens (tertiary/aromatic N) is 5. The molecule has 1 N–H and O–H groups in total. The molecule has 1 atom stereocenters. The molecule has 2 aromatic carbocycles. The summed E-state index contributed by atoms with van der Waals surface area (Å²) >= 11 is 1.26. The van der Waals surface area contributed by atoms with Crippen LogP contribution >= 0.6 is 11.8 Å². The van der Waals surface area contributed by atoms with Crippen molar-refractivity contribution in [2.24, 2.45) is 0 Å². The van der Waals surface area contributed by atoms with Crippen molar-refractivity contribution in [3.63, 3.8) is 0 Å². The minimum absolute atomic E-state index is 0.0988. The number of nitrogens with one attached hydrogen (secondary N) is 1. The van der Waals surface area contributed by atoms with Crippen molar-refractivity contribution < 1.29 is 9.59 Å². The first-order chi connectivity index (χ1) is 15.6. The summed E-state index contributed by atoms with van der Waals surface area (Å²) in [5.74, 6) is -0.0590. The smallest absolute Gasteiger partial charge is 0.237 e. The Kier molecular flexibility index (Phi) is 5.26. The zero-order chi connectivity index (χ0) is 22.2. The van der Waals surface area contributed by atoms with Crippen molar-refractivity contribution in [1.82, 2.24) is 19.7 Å². The third kappa shape index (κ3) is 3.48. The fraction of sp³-hybridized carbons (Fsp3) is 0.261. The van der Waals surface area contributed by atoms with Crippen molar-refractivity contribution >= 4 is 57.0 Å². The maximum atomic E-state index is 13.2. The number of thioether (sulfide) groups is 1. The standard InChI is InChI=1S/C23H22N6O2S/c1-3-28-17-10-6-4-8-15(17)21-22(28)25-23(27-26-21)32-13-20(31)29-14(2)12-19(30)24-16-9-5-7-11-18(16)29/h4-11,14H,3,12-13H2,1-2H3,(H,24,30)/t14-/m0/s1. The summed E-state index contributed by atoms with van der Waals surface area (Å²) in [5.41, 5.74) is 3.95. The molecule has 0 bridgehead atoms. The predicted octanol–water partition coefficient (Wildman–Crippen LogP) is 3.86. The normalized spacial score (nSPS) is 16.1. The van der Waals surface area contributed by atoms with E-state index in [4.69, 9.17) is 4.98 Å². The zero-order valence-electron chi connectivity index (χ0n) is 17.8. The Balaban J connectivity index is 1.42. The van der Waals surface area contributed by atoms with Gasteiger partial charge in [0.15, 0.2) is 5.65 Å². The Morgan fingerprint density at radius 3 is 2.78 bits per heavy atom. The van der Waals surface area contributed by atoms with Gasteiger partial charge in [0.2, 0.25) is 17.0 Å². The van der Waals surface area contributed by atoms with Crippen LogP contribution < -0.4 is 10.2 Å². The van der Waals surface area contributed by atoms with Gasteiger partial charge < -0.3 is 14.8 Å². The molecule has 0 spiro atoms. The predicted molar refractivity (Wildman–Crippen MR) is 126 cm³/mol. The molecule has 3 heterocycles. The van der Waals surface area contributed by atoms with Gasteiger partial charge in [-0.3, -0.25) is 9.59 Å². The van der Waals surface area contributed by atoms with E-state index in [0.29, 0.717) is 16.5 Å². The van der Waals surface area contributed by atoms with Gasteiger partial charge in [-0.1, -0.05) is 42.1 Å². The van der Waals surface area contributed by atoms with Crippen LogP contribution in [-0.4, -0.2) is 43.4 Å². The lowest BCUT2D eigenvalue weighted by molar-refractivity contribution is -0.117. The molecule has 0 radical (unpaired) electrons. The highest BCUT2D eigenvalue weighted by Gasteiger charge is 2.29. The summed E-state index contributed by atoms with van der Waals surface area (Å²) in [4.78, 5) is 31.8. The number of carbonyl (C=O) groups excluding carboxylic acids is 2. The molecule has 1 aliphatic heterocycles. The van der Waals surface area contributed by atoms with E-state index in [1.807, 2.05) is 55.5 Å². The number of amides is 2. The van der Waals surface area contributed by atoms with Gasteiger partial charge in [-0.05, 0) is 32.0 Å². The molecule has 8 nitrogen and oxygen atoms in total. The second kappa shape index (κ2) is 8.23. The lowest BCUT2D eigenvalue weighted by Gasteiger charge is -2.27. The molecule has 32 heavy (non-hydrogen) atoms. The van der Waals surface area contributed by atoms with E-state index in [2.05, 4.69) is 27.0 Å². The van der Waals surface area contributed by atoms with Gasteiger partial charge in [-0.15, -0.1) is 10.2 Å². The Hall–Kier alpha value is -3.46. The second-order valence-electron chi connectivity index (χ2n) is 7.70. The first-order valence-corrected chi connectivity index (χ1v) is 11.5. The maximum absolute atomic E-state index is 13.2. The van der Waals surface area contributed by atoms with E-state index in [9.17, 15) is 9.59 Å². The number of aryl methyl sites for hydroxylation is 1. The van der Waals surface area contributed by atoms with Crippen LogP contribution in [0.4, 0.5) is 11.4 Å². The number of benzene rings is 2. The highest BCUT2D eigenvalue weighted by atomic mass is 32.2. The largest absolute Gasteiger partial charge is 0.324 e. The van der Waals surface area contributed by atoms with Crippen LogP contribution in [0.25, 0.3) is 22.1 Å². The van der Waals surface area contributed by atoms with E-state index in [0.717, 1.165) is 28.6 Å². The summed E-state index contributed by atoms with van der Waals surface area (Å²) in [6.07, 6.45) is 0.242.